The fourth-order valence-electron chi connectivity index (χ4n) is 0. The Morgan fingerprint density at radius 3 is 1.67 bits per heavy atom. The summed E-state index contributed by atoms with van der Waals surface area (Å²) in [6, 6.07) is 0. The van der Waals surface area contributed by atoms with Gasteiger partial charge in [-0.2, -0.15) is 0 Å². The fourth-order valence-corrected chi connectivity index (χ4v) is 0. The zero-order valence-corrected chi connectivity index (χ0v) is 6.20. The minimum absolute atomic E-state index is 0.781. The van der Waals surface area contributed by atoms with Gasteiger partial charge in [-0.1, -0.05) is 19.0 Å². The molecule has 0 unspecified atom stereocenters. The Morgan fingerprint density at radius 1 is 1.50 bits per heavy atom. The molecule has 36 valence electrons. The van der Waals surface area contributed by atoms with Gasteiger partial charge in [-0.15, -0.1) is 0 Å². The highest BCUT2D eigenvalue weighted by Crippen LogP contribution is 1.89. The summed E-state index contributed by atoms with van der Waals surface area (Å²) in [7, 11) is 1.98. The summed E-state index contributed by atoms with van der Waals surface area (Å²) in [5.74, 6) is 0.781. The lowest BCUT2D eigenvalue weighted by Crippen LogP contribution is -2.00. The van der Waals surface area contributed by atoms with Crippen molar-refractivity contribution in [3.8, 4) is 0 Å². The van der Waals surface area contributed by atoms with Crippen LogP contribution in [-0.2, 0) is 0 Å². The van der Waals surface area contributed by atoms with Gasteiger partial charge in [0.25, 0.3) is 0 Å². The lowest BCUT2D eigenvalue weighted by molar-refractivity contribution is 0.895. The molecule has 0 nitrogen and oxygen atoms in total. The monoisotopic (exact) mass is 100 g/mol. The first-order valence-corrected chi connectivity index (χ1v) is 3.00. The highest BCUT2D eigenvalue weighted by atomic mass is 28.1. The van der Waals surface area contributed by atoms with Gasteiger partial charge in [0.05, 0.1) is 0 Å². The van der Waals surface area contributed by atoms with Crippen molar-refractivity contribution in [1.82, 2.24) is 0 Å². The molecule has 0 rings (SSSR count). The Morgan fingerprint density at radius 2 is 1.67 bits per heavy atom. The van der Waals surface area contributed by atoms with Crippen molar-refractivity contribution in [3.63, 3.8) is 0 Å². The van der Waals surface area contributed by atoms with Crippen LogP contribution < -0.4 is 0 Å². The summed E-state index contributed by atoms with van der Waals surface area (Å²) >= 11 is 0. The molecule has 0 aromatic rings. The van der Waals surface area contributed by atoms with E-state index in [0.29, 0.717) is 0 Å². The summed E-state index contributed by atoms with van der Waals surface area (Å²) in [4.78, 5) is 0. The summed E-state index contributed by atoms with van der Waals surface area (Å²) < 4.78 is 0. The first kappa shape index (κ1) is 6.09. The summed E-state index contributed by atoms with van der Waals surface area (Å²) in [6.45, 7) is 6.59. The number of hydrogen-bond donors (Lipinski definition) is 0. The lowest BCUT2D eigenvalue weighted by Gasteiger charge is -1.98. The van der Waals surface area contributed by atoms with E-state index in [1.165, 1.54) is 5.17 Å². The average molecular weight is 100 g/mol. The Hall–Kier alpha value is 0.0869. The Bertz CT molecular complexity index is 55.0. The molecule has 0 saturated carbocycles. The van der Waals surface area contributed by atoms with Crippen LogP contribution in [0, 0.1) is 5.92 Å². The molecule has 0 spiro atoms. The second-order valence-corrected chi connectivity index (χ2v) is 3.12. The SMILES string of the molecule is CC(=[SiH2])C(C)C. The van der Waals surface area contributed by atoms with Crippen molar-refractivity contribution < 1.29 is 0 Å². The van der Waals surface area contributed by atoms with Crippen LogP contribution in [-0.4, -0.2) is 15.0 Å². The van der Waals surface area contributed by atoms with Gasteiger partial charge in [0.2, 0.25) is 0 Å². The summed E-state index contributed by atoms with van der Waals surface area (Å²) in [5.41, 5.74) is 0. The Labute approximate surface area is 42.6 Å². The zero-order valence-electron chi connectivity index (χ0n) is 4.78. The van der Waals surface area contributed by atoms with Crippen molar-refractivity contribution in [3.05, 3.63) is 0 Å². The molecule has 0 aliphatic carbocycles. The zero-order chi connectivity index (χ0) is 5.15. The van der Waals surface area contributed by atoms with Gasteiger partial charge in [0.15, 0.2) is 0 Å². The second-order valence-electron chi connectivity index (χ2n) is 2.00. The van der Waals surface area contributed by atoms with Crippen LogP contribution in [0.3, 0.4) is 0 Å². The molecule has 0 atom stereocenters. The van der Waals surface area contributed by atoms with Gasteiger partial charge in [0, 0.05) is 0 Å². The van der Waals surface area contributed by atoms with Crippen molar-refractivity contribution in [2.45, 2.75) is 20.8 Å². The maximum Gasteiger partial charge on any atom is -0.0246 e. The van der Waals surface area contributed by atoms with E-state index in [0.717, 1.165) is 5.92 Å². The summed E-state index contributed by atoms with van der Waals surface area (Å²) in [5, 5.41) is 1.54. The van der Waals surface area contributed by atoms with Crippen LogP contribution in [0.1, 0.15) is 20.8 Å². The fraction of sp³-hybridized carbons (Fsp3) is 0.800. The van der Waals surface area contributed by atoms with Crippen LogP contribution in [0.25, 0.3) is 0 Å². The molecule has 0 amide bonds. The predicted octanol–water partition coefficient (Wildman–Crippen LogP) is 0.468. The molecular weight excluding hydrogens is 88.1 g/mol. The van der Waals surface area contributed by atoms with Crippen LogP contribution in [0.2, 0.25) is 0 Å². The van der Waals surface area contributed by atoms with E-state index in [4.69, 9.17) is 0 Å². The van der Waals surface area contributed by atoms with Gasteiger partial charge in [-0.3, -0.25) is 0 Å². The van der Waals surface area contributed by atoms with Gasteiger partial charge in [-0.05, 0) is 22.7 Å². The number of hydrogen-bond acceptors (Lipinski definition) is 0. The highest BCUT2D eigenvalue weighted by molar-refractivity contribution is 6.37. The molecule has 0 heterocycles. The molecule has 0 saturated heterocycles. The molecular formula is C5H12Si. The molecule has 0 aromatic carbocycles. The Kier molecular flexibility index (Phi) is 2.33. The lowest BCUT2D eigenvalue weighted by atomic mass is 10.2. The van der Waals surface area contributed by atoms with Gasteiger partial charge >= 0.3 is 0 Å². The van der Waals surface area contributed by atoms with E-state index in [1.807, 2.05) is 9.85 Å². The first-order valence-electron chi connectivity index (χ1n) is 2.30. The van der Waals surface area contributed by atoms with Crippen LogP contribution >= 0.6 is 0 Å². The smallest absolute Gasteiger partial charge is 0.0246 e. The van der Waals surface area contributed by atoms with Gasteiger partial charge in [0.1, 0.15) is 0 Å². The minimum Gasteiger partial charge on any atom is -0.0964 e. The molecule has 0 bridgehead atoms. The van der Waals surface area contributed by atoms with E-state index in [2.05, 4.69) is 20.8 Å². The quantitative estimate of drug-likeness (QED) is 0.420. The van der Waals surface area contributed by atoms with Gasteiger partial charge < -0.3 is 0 Å². The van der Waals surface area contributed by atoms with Crippen molar-refractivity contribution in [2.75, 3.05) is 0 Å². The average Bonchev–Trinajstić information content (AvgIpc) is 1.36. The van der Waals surface area contributed by atoms with E-state index >= 15 is 0 Å². The topological polar surface area (TPSA) is 0 Å². The normalized spacial score (nSPS) is 9.33. The molecule has 0 aromatic heterocycles. The van der Waals surface area contributed by atoms with E-state index in [1.54, 1.807) is 0 Å². The van der Waals surface area contributed by atoms with Crippen molar-refractivity contribution in [2.24, 2.45) is 5.92 Å². The van der Waals surface area contributed by atoms with Gasteiger partial charge in [-0.25, -0.2) is 0 Å². The standard InChI is InChI=1S/C5H12Si/c1-4(2)5(3)6/h4H,6H2,1-3H3. The molecule has 0 aliphatic rings. The molecule has 0 fully saturated rings. The van der Waals surface area contributed by atoms with Crippen LogP contribution in [0.5, 0.6) is 0 Å². The van der Waals surface area contributed by atoms with Crippen LogP contribution in [0.15, 0.2) is 0 Å². The maximum atomic E-state index is 2.21. The molecule has 1 heteroatoms. The van der Waals surface area contributed by atoms with Crippen LogP contribution in [0.4, 0.5) is 0 Å². The van der Waals surface area contributed by atoms with Crippen molar-refractivity contribution >= 4 is 15.0 Å². The Balaban J connectivity index is 3.26. The van der Waals surface area contributed by atoms with Crippen molar-refractivity contribution in [1.29, 1.82) is 0 Å². The second kappa shape index (κ2) is 2.29. The summed E-state index contributed by atoms with van der Waals surface area (Å²) in [6.07, 6.45) is 0. The molecule has 0 radical (unpaired) electrons. The molecule has 0 aliphatic heterocycles. The largest absolute Gasteiger partial charge is 0.0964 e. The van der Waals surface area contributed by atoms with E-state index < -0.39 is 0 Å². The maximum absolute atomic E-state index is 2.21. The molecule has 0 N–H and O–H groups in total. The molecule has 6 heavy (non-hydrogen) atoms. The predicted molar refractivity (Wildman–Crippen MR) is 34.1 cm³/mol. The minimum atomic E-state index is 0.781. The number of rotatable bonds is 1. The first-order chi connectivity index (χ1) is 2.64. The third kappa shape index (κ3) is 2.33. The highest BCUT2D eigenvalue weighted by Gasteiger charge is 1.87. The van der Waals surface area contributed by atoms with E-state index in [9.17, 15) is 0 Å². The van der Waals surface area contributed by atoms with E-state index in [-0.39, 0.29) is 0 Å². The third-order valence-corrected chi connectivity index (χ3v) is 1.80. The third-order valence-electron chi connectivity index (χ3n) is 0.986.